The van der Waals surface area contributed by atoms with E-state index < -0.39 is 0 Å². The second-order valence-electron chi connectivity index (χ2n) is 6.08. The molecule has 4 rings (SSSR count). The van der Waals surface area contributed by atoms with Crippen LogP contribution in [0.15, 0.2) is 28.2 Å². The molecule has 1 amide bonds. The molecule has 25 heavy (non-hydrogen) atoms. The molecular formula is C16H18N4O4S. The zero-order valence-corrected chi connectivity index (χ0v) is 14.5. The van der Waals surface area contributed by atoms with E-state index in [0.717, 1.165) is 24.2 Å². The molecule has 0 radical (unpaired) electrons. The molecule has 2 aliphatic rings. The number of aromatic amines is 1. The van der Waals surface area contributed by atoms with Crippen molar-refractivity contribution in [2.75, 3.05) is 6.79 Å². The molecule has 132 valence electrons. The number of thioether (sulfide) groups is 1. The van der Waals surface area contributed by atoms with Gasteiger partial charge in [0.1, 0.15) is 0 Å². The van der Waals surface area contributed by atoms with E-state index in [1.54, 1.807) is 11.5 Å². The van der Waals surface area contributed by atoms with Gasteiger partial charge in [-0.2, -0.15) is 0 Å². The third-order valence-electron chi connectivity index (χ3n) is 4.14. The van der Waals surface area contributed by atoms with Gasteiger partial charge in [-0.25, -0.2) is 9.89 Å². The van der Waals surface area contributed by atoms with Gasteiger partial charge in [-0.3, -0.25) is 9.36 Å². The monoisotopic (exact) mass is 362 g/mol. The maximum Gasteiger partial charge on any atom is 0.344 e. The van der Waals surface area contributed by atoms with Crippen molar-refractivity contribution < 1.29 is 14.3 Å². The number of hydrogen-bond donors (Lipinski definition) is 2. The van der Waals surface area contributed by atoms with Crippen LogP contribution in [0.2, 0.25) is 0 Å². The minimum atomic E-state index is -0.360. The van der Waals surface area contributed by atoms with Crippen molar-refractivity contribution in [1.29, 1.82) is 0 Å². The number of nitrogens with zero attached hydrogens (tertiary/aromatic N) is 2. The van der Waals surface area contributed by atoms with Gasteiger partial charge in [-0.1, -0.05) is 17.8 Å². The summed E-state index contributed by atoms with van der Waals surface area (Å²) in [6.07, 6.45) is 1.97. The van der Waals surface area contributed by atoms with E-state index in [0.29, 0.717) is 17.5 Å². The smallest absolute Gasteiger partial charge is 0.344 e. The third kappa shape index (κ3) is 3.37. The lowest BCUT2D eigenvalue weighted by Crippen LogP contribution is -2.30. The van der Waals surface area contributed by atoms with Crippen molar-refractivity contribution in [2.24, 2.45) is 0 Å². The van der Waals surface area contributed by atoms with Gasteiger partial charge >= 0.3 is 5.69 Å². The minimum Gasteiger partial charge on any atom is -0.454 e. The molecule has 2 aromatic rings. The summed E-state index contributed by atoms with van der Waals surface area (Å²) in [5.41, 5.74) is 0.724. The molecule has 2 N–H and O–H groups in total. The quantitative estimate of drug-likeness (QED) is 0.755. The fourth-order valence-corrected chi connectivity index (χ4v) is 3.57. The summed E-state index contributed by atoms with van der Waals surface area (Å²) >= 11 is 1.29. The zero-order chi connectivity index (χ0) is 17.4. The first-order valence-corrected chi connectivity index (χ1v) is 8.99. The molecule has 8 nitrogen and oxygen atoms in total. The number of ether oxygens (including phenoxy) is 2. The molecule has 1 aliphatic carbocycles. The molecular weight excluding hydrogens is 344 g/mol. The fraction of sp³-hybridized carbons (Fsp3) is 0.438. The number of nitrogens with one attached hydrogen (secondary N) is 2. The van der Waals surface area contributed by atoms with Gasteiger partial charge in [0.25, 0.3) is 0 Å². The lowest BCUT2D eigenvalue weighted by atomic mass is 10.2. The first-order valence-electron chi connectivity index (χ1n) is 8.11. The van der Waals surface area contributed by atoms with Crippen LogP contribution in [-0.2, 0) is 11.3 Å². The highest BCUT2D eigenvalue weighted by molar-refractivity contribution is 8.00. The van der Waals surface area contributed by atoms with Crippen molar-refractivity contribution in [3.63, 3.8) is 0 Å². The first kappa shape index (κ1) is 16.1. The number of aromatic nitrogens is 3. The van der Waals surface area contributed by atoms with Crippen LogP contribution < -0.4 is 20.5 Å². The Labute approximate surface area is 147 Å². The summed E-state index contributed by atoms with van der Waals surface area (Å²) in [5, 5.41) is 9.61. The van der Waals surface area contributed by atoms with E-state index in [1.165, 1.54) is 11.8 Å². The number of H-pyrrole nitrogens is 1. The summed E-state index contributed by atoms with van der Waals surface area (Å²) in [4.78, 5) is 24.1. The summed E-state index contributed by atoms with van der Waals surface area (Å²) in [6, 6.07) is 5.81. The van der Waals surface area contributed by atoms with Crippen molar-refractivity contribution in [3.05, 3.63) is 34.2 Å². The number of benzene rings is 1. The van der Waals surface area contributed by atoms with Crippen molar-refractivity contribution in [3.8, 4) is 11.5 Å². The number of carbonyl (C=O) groups is 1. The third-order valence-corrected chi connectivity index (χ3v) is 5.21. The van der Waals surface area contributed by atoms with Crippen LogP contribution in [0.3, 0.4) is 0 Å². The van der Waals surface area contributed by atoms with E-state index in [4.69, 9.17) is 9.47 Å². The summed E-state index contributed by atoms with van der Waals surface area (Å²) in [6.45, 7) is 2.43. The molecule has 1 saturated carbocycles. The average Bonchev–Trinajstić information content (AvgIpc) is 3.21. The predicted molar refractivity (Wildman–Crippen MR) is 90.8 cm³/mol. The van der Waals surface area contributed by atoms with Gasteiger partial charge in [0.2, 0.25) is 12.7 Å². The second-order valence-corrected chi connectivity index (χ2v) is 7.39. The van der Waals surface area contributed by atoms with Gasteiger partial charge in [-0.05, 0) is 37.5 Å². The normalized spacial score (nSPS) is 16.7. The van der Waals surface area contributed by atoms with Crippen molar-refractivity contribution >= 4 is 17.7 Å². The predicted octanol–water partition coefficient (Wildman–Crippen LogP) is 1.43. The van der Waals surface area contributed by atoms with Gasteiger partial charge < -0.3 is 14.8 Å². The van der Waals surface area contributed by atoms with Gasteiger partial charge in [0.05, 0.1) is 5.25 Å². The van der Waals surface area contributed by atoms with E-state index in [2.05, 4.69) is 15.5 Å². The molecule has 0 saturated heterocycles. The topological polar surface area (TPSA) is 98.2 Å². The molecule has 2 heterocycles. The Bertz CT molecular complexity index is 858. The Hall–Kier alpha value is -2.42. The van der Waals surface area contributed by atoms with E-state index in [9.17, 15) is 9.59 Å². The Morgan fingerprint density at radius 2 is 2.24 bits per heavy atom. The van der Waals surface area contributed by atoms with Crippen LogP contribution >= 0.6 is 11.8 Å². The second kappa shape index (κ2) is 6.47. The van der Waals surface area contributed by atoms with Crippen molar-refractivity contribution in [1.82, 2.24) is 20.1 Å². The maximum absolute atomic E-state index is 12.3. The highest BCUT2D eigenvalue weighted by atomic mass is 32.2. The van der Waals surface area contributed by atoms with Gasteiger partial charge in [-0.15, -0.1) is 5.10 Å². The number of hydrogen-bond acceptors (Lipinski definition) is 6. The standard InChI is InChI=1S/C16H18N4O4S/c1-9(25-16-19-18-15(22)20(16)11-3-4-11)14(21)17-7-10-2-5-12-13(6-10)24-8-23-12/h2,5-6,9,11H,3-4,7-8H2,1H3,(H,17,21)(H,18,22)/t9-/m1/s1. The Morgan fingerprint density at radius 3 is 3.04 bits per heavy atom. The number of rotatable bonds is 6. The highest BCUT2D eigenvalue weighted by Gasteiger charge is 2.30. The number of carbonyl (C=O) groups excluding carboxylic acids is 1. The van der Waals surface area contributed by atoms with E-state index >= 15 is 0 Å². The van der Waals surface area contributed by atoms with Crippen molar-refractivity contribution in [2.45, 2.75) is 42.8 Å². The summed E-state index contributed by atoms with van der Waals surface area (Å²) in [5.74, 6) is 1.30. The molecule has 9 heteroatoms. The molecule has 1 atom stereocenters. The molecule has 1 fully saturated rings. The lowest BCUT2D eigenvalue weighted by Gasteiger charge is -2.12. The number of fused-ring (bicyclic) bond motifs is 1. The Balaban J connectivity index is 1.35. The zero-order valence-electron chi connectivity index (χ0n) is 13.7. The largest absolute Gasteiger partial charge is 0.454 e. The van der Waals surface area contributed by atoms with E-state index in [1.807, 2.05) is 18.2 Å². The molecule has 1 aromatic carbocycles. The van der Waals surface area contributed by atoms with Gasteiger partial charge in [0, 0.05) is 12.6 Å². The van der Waals surface area contributed by atoms with Crippen LogP contribution in [-0.4, -0.2) is 32.7 Å². The highest BCUT2D eigenvalue weighted by Crippen LogP contribution is 2.36. The summed E-state index contributed by atoms with van der Waals surface area (Å²) < 4.78 is 12.2. The minimum absolute atomic E-state index is 0.111. The molecule has 0 spiro atoms. The maximum atomic E-state index is 12.3. The molecule has 0 bridgehead atoms. The van der Waals surface area contributed by atoms with Crippen LogP contribution in [0.5, 0.6) is 11.5 Å². The number of amides is 1. The lowest BCUT2D eigenvalue weighted by molar-refractivity contribution is -0.120. The van der Waals surface area contributed by atoms with Crippen LogP contribution in [0.1, 0.15) is 31.4 Å². The molecule has 1 aliphatic heterocycles. The summed E-state index contributed by atoms with van der Waals surface area (Å²) in [7, 11) is 0. The van der Waals surface area contributed by atoms with Gasteiger partial charge in [0.15, 0.2) is 16.7 Å². The van der Waals surface area contributed by atoms with E-state index in [-0.39, 0.29) is 29.7 Å². The fourth-order valence-electron chi connectivity index (χ4n) is 2.62. The van der Waals surface area contributed by atoms with Crippen LogP contribution in [0.25, 0.3) is 0 Å². The van der Waals surface area contributed by atoms with Crippen LogP contribution in [0.4, 0.5) is 0 Å². The Morgan fingerprint density at radius 1 is 1.44 bits per heavy atom. The SMILES string of the molecule is C[C@@H](Sc1n[nH]c(=O)n1C1CC1)C(=O)NCc1ccc2c(c1)OCO2. The average molecular weight is 362 g/mol. The van der Waals surface area contributed by atoms with Crippen LogP contribution in [0, 0.1) is 0 Å². The Kier molecular flexibility index (Phi) is 4.16. The molecule has 1 aromatic heterocycles. The molecule has 0 unspecified atom stereocenters. The first-order chi connectivity index (χ1) is 12.1.